The van der Waals surface area contributed by atoms with Crippen LogP contribution in [0.2, 0.25) is 0 Å². The van der Waals surface area contributed by atoms with Crippen LogP contribution in [0, 0.1) is 19.8 Å². The third-order valence-corrected chi connectivity index (χ3v) is 3.76. The molecule has 5 heteroatoms. The Bertz CT molecular complexity index is 412. The van der Waals surface area contributed by atoms with Gasteiger partial charge in [0, 0.05) is 12.2 Å². The van der Waals surface area contributed by atoms with Gasteiger partial charge >= 0.3 is 0 Å². The number of aromatic nitrogens is 2. The molecule has 4 nitrogen and oxygen atoms in total. The number of nitrogens with zero attached hydrogens (tertiary/aromatic N) is 2. The Balaban J connectivity index is 2.98. The fourth-order valence-electron chi connectivity index (χ4n) is 1.51. The van der Waals surface area contributed by atoms with Crippen LogP contribution in [0.5, 0.6) is 0 Å². The number of primary amides is 1. The minimum absolute atomic E-state index is 0.248. The summed E-state index contributed by atoms with van der Waals surface area (Å²) in [6.45, 7) is 11.1. The second kappa shape index (κ2) is 5.58. The minimum Gasteiger partial charge on any atom is -0.369 e. The van der Waals surface area contributed by atoms with E-state index in [0.29, 0.717) is 5.92 Å². The molecule has 1 atom stereocenters. The van der Waals surface area contributed by atoms with Crippen molar-refractivity contribution < 1.29 is 4.79 Å². The molecule has 1 amide bonds. The first kappa shape index (κ1) is 14.1. The molecule has 96 valence electrons. The van der Waals surface area contributed by atoms with E-state index >= 15 is 0 Å². The summed E-state index contributed by atoms with van der Waals surface area (Å²) in [5, 5.41) is 0.641. The lowest BCUT2D eigenvalue weighted by Gasteiger charge is -2.13. The molecular formula is C12H21N3OS. The van der Waals surface area contributed by atoms with E-state index in [-0.39, 0.29) is 11.2 Å². The van der Waals surface area contributed by atoms with Crippen molar-refractivity contribution in [3.05, 3.63) is 11.4 Å². The Hall–Kier alpha value is -0.970. The maximum atomic E-state index is 11.1. The monoisotopic (exact) mass is 255 g/mol. The van der Waals surface area contributed by atoms with Crippen LogP contribution < -0.4 is 5.73 Å². The van der Waals surface area contributed by atoms with E-state index in [1.807, 2.05) is 13.8 Å². The summed E-state index contributed by atoms with van der Waals surface area (Å²) in [5.41, 5.74) is 7.47. The van der Waals surface area contributed by atoms with Crippen LogP contribution in [0.1, 0.15) is 32.2 Å². The molecule has 0 unspecified atom stereocenters. The number of rotatable bonds is 5. The number of thioether (sulfide) groups is 1. The number of nitrogens with two attached hydrogens (primary N) is 1. The van der Waals surface area contributed by atoms with Crippen molar-refractivity contribution >= 4 is 17.7 Å². The molecule has 0 aliphatic heterocycles. The Kier molecular flexibility index (Phi) is 4.62. The van der Waals surface area contributed by atoms with Crippen molar-refractivity contribution in [2.75, 3.05) is 0 Å². The van der Waals surface area contributed by atoms with Gasteiger partial charge in [-0.2, -0.15) is 0 Å². The smallest absolute Gasteiger partial charge is 0.230 e. The van der Waals surface area contributed by atoms with Crippen molar-refractivity contribution in [3.63, 3.8) is 0 Å². The molecule has 17 heavy (non-hydrogen) atoms. The third-order valence-electron chi connectivity index (χ3n) is 2.65. The molecule has 1 heterocycles. The van der Waals surface area contributed by atoms with E-state index in [4.69, 9.17) is 5.73 Å². The van der Waals surface area contributed by atoms with Crippen LogP contribution in [-0.2, 0) is 11.3 Å². The van der Waals surface area contributed by atoms with E-state index in [1.165, 1.54) is 11.8 Å². The number of hydrogen-bond acceptors (Lipinski definition) is 3. The molecule has 0 aromatic carbocycles. The summed E-state index contributed by atoms with van der Waals surface area (Å²) in [6, 6.07) is 0. The minimum atomic E-state index is -0.301. The summed E-state index contributed by atoms with van der Waals surface area (Å²) < 4.78 is 2.17. The van der Waals surface area contributed by atoms with E-state index in [2.05, 4.69) is 30.3 Å². The molecule has 0 fully saturated rings. The van der Waals surface area contributed by atoms with Crippen LogP contribution in [0.3, 0.4) is 0 Å². The van der Waals surface area contributed by atoms with Crippen LogP contribution in [-0.4, -0.2) is 20.7 Å². The number of carbonyl (C=O) groups is 1. The topological polar surface area (TPSA) is 60.9 Å². The van der Waals surface area contributed by atoms with Crippen LogP contribution in [0.25, 0.3) is 0 Å². The zero-order valence-electron chi connectivity index (χ0n) is 11.2. The first-order valence-electron chi connectivity index (χ1n) is 5.82. The number of imidazole rings is 1. The molecule has 0 bridgehead atoms. The van der Waals surface area contributed by atoms with Gasteiger partial charge in [0.2, 0.25) is 5.91 Å². The lowest BCUT2D eigenvalue weighted by Crippen LogP contribution is -2.23. The molecule has 1 rings (SSSR count). The van der Waals surface area contributed by atoms with Gasteiger partial charge < -0.3 is 10.3 Å². The van der Waals surface area contributed by atoms with Crippen molar-refractivity contribution in [3.8, 4) is 0 Å². The van der Waals surface area contributed by atoms with Crippen LogP contribution >= 0.6 is 11.8 Å². The van der Waals surface area contributed by atoms with E-state index in [1.54, 1.807) is 0 Å². The average molecular weight is 255 g/mol. The highest BCUT2D eigenvalue weighted by atomic mass is 32.2. The molecule has 1 aromatic rings. The van der Waals surface area contributed by atoms with Gasteiger partial charge in [-0.1, -0.05) is 25.6 Å². The molecule has 0 saturated heterocycles. The first-order chi connectivity index (χ1) is 7.82. The predicted octanol–water partition coefficient (Wildman–Crippen LogP) is 2.12. The van der Waals surface area contributed by atoms with E-state index < -0.39 is 0 Å². The first-order valence-corrected chi connectivity index (χ1v) is 6.70. The molecule has 0 saturated carbocycles. The van der Waals surface area contributed by atoms with Gasteiger partial charge in [0.25, 0.3) is 0 Å². The molecule has 0 spiro atoms. The maximum absolute atomic E-state index is 11.1. The maximum Gasteiger partial charge on any atom is 0.230 e. The van der Waals surface area contributed by atoms with Gasteiger partial charge in [0.05, 0.1) is 10.9 Å². The van der Waals surface area contributed by atoms with E-state index in [0.717, 1.165) is 23.1 Å². The van der Waals surface area contributed by atoms with Gasteiger partial charge in [-0.3, -0.25) is 4.79 Å². The van der Waals surface area contributed by atoms with Gasteiger partial charge in [-0.15, -0.1) is 0 Å². The summed E-state index contributed by atoms with van der Waals surface area (Å²) in [5.74, 6) is 0.245. The zero-order chi connectivity index (χ0) is 13.2. The molecule has 0 aliphatic rings. The number of amides is 1. The lowest BCUT2D eigenvalue weighted by atomic mass is 10.2. The largest absolute Gasteiger partial charge is 0.369 e. The third kappa shape index (κ3) is 3.49. The highest BCUT2D eigenvalue weighted by molar-refractivity contribution is 8.00. The fraction of sp³-hybridized carbons (Fsp3) is 0.667. The van der Waals surface area contributed by atoms with Crippen molar-refractivity contribution in [2.45, 2.75) is 51.6 Å². The quantitative estimate of drug-likeness (QED) is 0.820. The Morgan fingerprint density at radius 3 is 2.47 bits per heavy atom. The standard InChI is InChI=1S/C12H21N3OS/c1-7(2)6-15-9(4)8(3)14-12(15)17-10(5)11(13)16/h7,10H,6H2,1-5H3,(H2,13,16)/t10-/m0/s1. The number of aryl methyl sites for hydroxylation is 1. The summed E-state index contributed by atoms with van der Waals surface area (Å²) in [4.78, 5) is 15.6. The van der Waals surface area contributed by atoms with Crippen molar-refractivity contribution in [1.82, 2.24) is 9.55 Å². The number of carbonyl (C=O) groups excluding carboxylic acids is 1. The van der Waals surface area contributed by atoms with Crippen LogP contribution in [0.4, 0.5) is 0 Å². The van der Waals surface area contributed by atoms with Gasteiger partial charge in [-0.25, -0.2) is 4.98 Å². The van der Waals surface area contributed by atoms with E-state index in [9.17, 15) is 4.79 Å². The van der Waals surface area contributed by atoms with Crippen LogP contribution in [0.15, 0.2) is 5.16 Å². The van der Waals surface area contributed by atoms with Gasteiger partial charge in [0.15, 0.2) is 5.16 Å². The molecule has 1 aromatic heterocycles. The fourth-order valence-corrected chi connectivity index (χ4v) is 2.47. The molecular weight excluding hydrogens is 234 g/mol. The molecule has 0 radical (unpaired) electrons. The highest BCUT2D eigenvalue weighted by Gasteiger charge is 2.18. The zero-order valence-corrected chi connectivity index (χ0v) is 12.0. The lowest BCUT2D eigenvalue weighted by molar-refractivity contribution is -0.117. The Morgan fingerprint density at radius 2 is 2.00 bits per heavy atom. The SMILES string of the molecule is Cc1nc(S[C@@H](C)C(N)=O)n(CC(C)C)c1C. The van der Waals surface area contributed by atoms with Gasteiger partial charge in [-0.05, 0) is 26.7 Å². The molecule has 0 aliphatic carbocycles. The summed E-state index contributed by atoms with van der Waals surface area (Å²) in [6.07, 6.45) is 0. The second-order valence-electron chi connectivity index (χ2n) is 4.73. The summed E-state index contributed by atoms with van der Waals surface area (Å²) in [7, 11) is 0. The van der Waals surface area contributed by atoms with Crippen molar-refractivity contribution in [2.24, 2.45) is 11.7 Å². The van der Waals surface area contributed by atoms with Gasteiger partial charge in [0.1, 0.15) is 0 Å². The summed E-state index contributed by atoms with van der Waals surface area (Å²) >= 11 is 1.43. The molecule has 2 N–H and O–H groups in total. The highest BCUT2D eigenvalue weighted by Crippen LogP contribution is 2.25. The second-order valence-corrected chi connectivity index (χ2v) is 6.04. The predicted molar refractivity (Wildman–Crippen MR) is 71.1 cm³/mol. The van der Waals surface area contributed by atoms with Crippen molar-refractivity contribution in [1.29, 1.82) is 0 Å². The normalized spacial score (nSPS) is 13.1. The Morgan fingerprint density at radius 1 is 1.41 bits per heavy atom. The average Bonchev–Trinajstić information content (AvgIpc) is 2.45. The Labute approximate surface area is 107 Å². The number of hydrogen-bond donors (Lipinski definition) is 1.